The first kappa shape index (κ1) is 18.7. The smallest absolute Gasteiger partial charge is 0.127 e. The first-order chi connectivity index (χ1) is 13.1. The fourth-order valence-corrected chi connectivity index (χ4v) is 4.92. The summed E-state index contributed by atoms with van der Waals surface area (Å²) < 4.78 is 11.9. The van der Waals surface area contributed by atoms with Crippen molar-refractivity contribution < 1.29 is 19.4 Å². The van der Waals surface area contributed by atoms with Crippen molar-refractivity contribution in [3.05, 3.63) is 58.1 Å². The van der Waals surface area contributed by atoms with Crippen LogP contribution in [0.25, 0.3) is 0 Å². The van der Waals surface area contributed by atoms with Gasteiger partial charge in [0.2, 0.25) is 0 Å². The van der Waals surface area contributed by atoms with Crippen molar-refractivity contribution in [1.82, 2.24) is 5.06 Å². The minimum atomic E-state index is -0.339. The van der Waals surface area contributed by atoms with Crippen LogP contribution < -0.4 is 9.47 Å². The molecular weight excluding hydrogens is 410 g/mol. The monoisotopic (exact) mass is 433 g/mol. The number of hydrogen-bond donors (Lipinski definition) is 1. The maximum Gasteiger partial charge on any atom is 0.127 e. The molecule has 0 bridgehead atoms. The van der Waals surface area contributed by atoms with Gasteiger partial charge in [0.1, 0.15) is 11.5 Å². The van der Waals surface area contributed by atoms with Crippen molar-refractivity contribution >= 4 is 15.9 Å². The minimum absolute atomic E-state index is 0.256. The third-order valence-corrected chi connectivity index (χ3v) is 6.28. The largest absolute Gasteiger partial charge is 0.497 e. The number of halogens is 1. The molecule has 3 atom stereocenters. The van der Waals surface area contributed by atoms with Gasteiger partial charge < -0.3 is 14.6 Å². The molecule has 144 valence electrons. The molecule has 4 rings (SSSR count). The highest BCUT2D eigenvalue weighted by Crippen LogP contribution is 2.53. The fraction of sp³-hybridized carbons (Fsp3) is 0.429. The lowest BCUT2D eigenvalue weighted by Gasteiger charge is -2.37. The average molecular weight is 434 g/mol. The van der Waals surface area contributed by atoms with Gasteiger partial charge in [-0.25, -0.2) is 0 Å². The van der Waals surface area contributed by atoms with E-state index in [4.69, 9.17) is 14.3 Å². The van der Waals surface area contributed by atoms with Crippen molar-refractivity contribution in [2.24, 2.45) is 5.92 Å². The zero-order valence-electron chi connectivity index (χ0n) is 15.5. The Kier molecular flexibility index (Phi) is 5.16. The number of rotatable bonds is 5. The maximum absolute atomic E-state index is 10.4. The summed E-state index contributed by atoms with van der Waals surface area (Å²) in [7, 11) is 3.31. The van der Waals surface area contributed by atoms with Gasteiger partial charge in [0.25, 0.3) is 0 Å². The van der Waals surface area contributed by atoms with Crippen LogP contribution in [-0.2, 0) is 16.9 Å². The number of hydrogen-bond acceptors (Lipinski definition) is 5. The van der Waals surface area contributed by atoms with E-state index in [-0.39, 0.29) is 17.6 Å². The number of benzene rings is 2. The second-order valence-corrected chi connectivity index (χ2v) is 8.15. The third-order valence-electron chi connectivity index (χ3n) is 5.79. The standard InChI is InChI=1S/C21H24BrNO4/c1-25-19-7-6-14(20(10-19)26-2)12-23-21(15-4-3-5-17(22)8-15)11-18(24)9-16(21)13-27-23/h3-8,10,16,18,24H,9,11-13H2,1-2H3. The Morgan fingerprint density at radius 1 is 1.22 bits per heavy atom. The molecular formula is C21H24BrNO4. The van der Waals surface area contributed by atoms with Crippen LogP contribution in [0.5, 0.6) is 11.5 Å². The number of methoxy groups -OCH3 is 2. The highest BCUT2D eigenvalue weighted by Gasteiger charge is 2.57. The SMILES string of the molecule is COc1ccc(CN2OCC3CC(O)CC32c2cccc(Br)c2)c(OC)c1. The van der Waals surface area contributed by atoms with E-state index in [9.17, 15) is 5.11 Å². The molecule has 1 heterocycles. The normalized spacial score (nSPS) is 27.6. The summed E-state index contributed by atoms with van der Waals surface area (Å²) in [5.74, 6) is 1.78. The van der Waals surface area contributed by atoms with E-state index in [0.717, 1.165) is 28.0 Å². The second kappa shape index (κ2) is 7.43. The van der Waals surface area contributed by atoms with Crippen molar-refractivity contribution in [1.29, 1.82) is 0 Å². The number of fused-ring (bicyclic) bond motifs is 1. The Hall–Kier alpha value is -1.60. The van der Waals surface area contributed by atoms with Crippen LogP contribution in [0.15, 0.2) is 46.9 Å². The molecule has 2 fully saturated rings. The maximum atomic E-state index is 10.4. The molecule has 2 aliphatic rings. The van der Waals surface area contributed by atoms with Crippen LogP contribution in [0.2, 0.25) is 0 Å². The number of aliphatic hydroxyl groups excluding tert-OH is 1. The quantitative estimate of drug-likeness (QED) is 0.774. The van der Waals surface area contributed by atoms with Crippen LogP contribution in [0.1, 0.15) is 24.0 Å². The number of ether oxygens (including phenoxy) is 2. The van der Waals surface area contributed by atoms with Gasteiger partial charge in [-0.1, -0.05) is 34.1 Å². The Balaban J connectivity index is 1.72. The van der Waals surface area contributed by atoms with Gasteiger partial charge in [-0.15, -0.1) is 0 Å². The molecule has 1 aliphatic carbocycles. The van der Waals surface area contributed by atoms with E-state index in [1.54, 1.807) is 14.2 Å². The average Bonchev–Trinajstić information content (AvgIpc) is 3.18. The highest BCUT2D eigenvalue weighted by molar-refractivity contribution is 9.10. The molecule has 3 unspecified atom stereocenters. The topological polar surface area (TPSA) is 51.2 Å². The predicted molar refractivity (Wildman–Crippen MR) is 106 cm³/mol. The van der Waals surface area contributed by atoms with Crippen molar-refractivity contribution in [3.8, 4) is 11.5 Å². The van der Waals surface area contributed by atoms with E-state index >= 15 is 0 Å². The molecule has 0 radical (unpaired) electrons. The van der Waals surface area contributed by atoms with Gasteiger partial charge in [-0.2, -0.15) is 5.06 Å². The molecule has 0 aromatic heterocycles. The van der Waals surface area contributed by atoms with Crippen molar-refractivity contribution in [3.63, 3.8) is 0 Å². The zero-order chi connectivity index (χ0) is 19.0. The third kappa shape index (κ3) is 3.25. The number of nitrogens with zero attached hydrogens (tertiary/aromatic N) is 1. The van der Waals surface area contributed by atoms with E-state index in [1.165, 1.54) is 5.56 Å². The van der Waals surface area contributed by atoms with Crippen molar-refractivity contribution in [2.45, 2.75) is 31.0 Å². The predicted octanol–water partition coefficient (Wildman–Crippen LogP) is 3.88. The number of aliphatic hydroxyl groups is 1. The summed E-state index contributed by atoms with van der Waals surface area (Å²) in [6.45, 7) is 1.19. The van der Waals surface area contributed by atoms with Gasteiger partial charge in [-0.3, -0.25) is 4.84 Å². The molecule has 1 N–H and O–H groups in total. The Morgan fingerprint density at radius 2 is 2.07 bits per heavy atom. The van der Waals surface area contributed by atoms with E-state index in [1.807, 2.05) is 35.4 Å². The summed E-state index contributed by atoms with van der Waals surface area (Å²) >= 11 is 3.59. The van der Waals surface area contributed by atoms with Crippen LogP contribution in [-0.4, -0.2) is 37.1 Å². The van der Waals surface area contributed by atoms with Crippen LogP contribution in [0, 0.1) is 5.92 Å². The molecule has 1 saturated heterocycles. The van der Waals surface area contributed by atoms with Gasteiger partial charge in [-0.05, 0) is 36.6 Å². The Labute approximate surface area is 167 Å². The molecule has 2 aromatic rings. The van der Waals surface area contributed by atoms with Crippen LogP contribution in [0.3, 0.4) is 0 Å². The van der Waals surface area contributed by atoms with Crippen LogP contribution >= 0.6 is 15.9 Å². The summed E-state index contributed by atoms with van der Waals surface area (Å²) in [6.07, 6.45) is 1.09. The molecule has 1 saturated carbocycles. The van der Waals surface area contributed by atoms with Gasteiger partial charge in [0, 0.05) is 22.0 Å². The zero-order valence-corrected chi connectivity index (χ0v) is 17.1. The summed E-state index contributed by atoms with van der Waals surface area (Å²) in [5.41, 5.74) is 1.85. The van der Waals surface area contributed by atoms with Gasteiger partial charge in [0.05, 0.1) is 39.0 Å². The molecule has 0 amide bonds. The van der Waals surface area contributed by atoms with E-state index in [2.05, 4.69) is 28.1 Å². The first-order valence-electron chi connectivity index (χ1n) is 9.12. The minimum Gasteiger partial charge on any atom is -0.497 e. The van der Waals surface area contributed by atoms with Crippen molar-refractivity contribution in [2.75, 3.05) is 20.8 Å². The second-order valence-electron chi connectivity index (χ2n) is 7.24. The fourth-order valence-electron chi connectivity index (χ4n) is 4.52. The Bertz CT molecular complexity index is 830. The van der Waals surface area contributed by atoms with E-state index < -0.39 is 0 Å². The Morgan fingerprint density at radius 3 is 2.81 bits per heavy atom. The summed E-state index contributed by atoms with van der Waals surface area (Å²) in [5, 5.41) is 12.5. The number of hydroxylamine groups is 2. The summed E-state index contributed by atoms with van der Waals surface area (Å²) in [6, 6.07) is 14.2. The summed E-state index contributed by atoms with van der Waals surface area (Å²) in [4.78, 5) is 6.15. The lowest BCUT2D eigenvalue weighted by atomic mass is 9.81. The lowest BCUT2D eigenvalue weighted by molar-refractivity contribution is -0.180. The van der Waals surface area contributed by atoms with Crippen LogP contribution in [0.4, 0.5) is 0 Å². The molecule has 0 spiro atoms. The van der Waals surface area contributed by atoms with Gasteiger partial charge >= 0.3 is 0 Å². The molecule has 1 aliphatic heterocycles. The van der Waals surface area contributed by atoms with Gasteiger partial charge in [0.15, 0.2) is 0 Å². The van der Waals surface area contributed by atoms with E-state index in [0.29, 0.717) is 19.6 Å². The molecule has 27 heavy (non-hydrogen) atoms. The molecule has 2 aromatic carbocycles. The lowest BCUT2D eigenvalue weighted by Crippen LogP contribution is -2.42. The first-order valence-corrected chi connectivity index (χ1v) is 9.91. The molecule has 6 heteroatoms. The highest BCUT2D eigenvalue weighted by atomic mass is 79.9. The molecule has 5 nitrogen and oxygen atoms in total.